The van der Waals surface area contributed by atoms with Gasteiger partial charge in [0.15, 0.2) is 0 Å². The Labute approximate surface area is 831 Å². The Balaban J connectivity index is 0.000000126. The van der Waals surface area contributed by atoms with Gasteiger partial charge in [-0.2, -0.15) is 0 Å². The summed E-state index contributed by atoms with van der Waals surface area (Å²) in [5.41, 5.74) is 35.4. The number of aryl methyl sites for hydroxylation is 2. The lowest BCUT2D eigenvalue weighted by Gasteiger charge is -2.41. The molecule has 0 radical (unpaired) electrons. The molecule has 7 atom stereocenters. The minimum atomic E-state index is 0.0868. The molecule has 0 fully saturated rings. The van der Waals surface area contributed by atoms with E-state index >= 15 is 0 Å². The smallest absolute Gasteiger partial charge is 0.317 e. The summed E-state index contributed by atoms with van der Waals surface area (Å²) in [7, 11) is 0. The van der Waals surface area contributed by atoms with Gasteiger partial charge >= 0.3 is 12.1 Å². The Morgan fingerprint density at radius 1 is 0.288 bits per heavy atom. The van der Waals surface area contributed by atoms with Gasteiger partial charge in [-0.05, 0) is 267 Å². The highest BCUT2D eigenvalue weighted by molar-refractivity contribution is 5.88. The summed E-state index contributed by atoms with van der Waals surface area (Å²) in [5, 5.41) is 6.29. The maximum atomic E-state index is 13.5. The molecule has 5 aliphatic heterocycles. The lowest BCUT2D eigenvalue weighted by atomic mass is 9.82. The van der Waals surface area contributed by atoms with Gasteiger partial charge in [-0.3, -0.25) is 14.4 Å². The van der Waals surface area contributed by atoms with Gasteiger partial charge in [0, 0.05) is 76.9 Å². The molecule has 5 heterocycles. The number of fused-ring (bicyclic) bond motifs is 10. The Morgan fingerprint density at radius 3 is 0.957 bits per heavy atom. The summed E-state index contributed by atoms with van der Waals surface area (Å²) in [6, 6.07) is 97.6. The van der Waals surface area contributed by atoms with Gasteiger partial charge in [-0.25, -0.2) is 9.59 Å². The summed E-state index contributed by atoms with van der Waals surface area (Å²) in [6.07, 6.45) is 26.7. The zero-order valence-electron chi connectivity index (χ0n) is 84.5. The molecular weight excluding hydrogens is 1700 g/mol. The van der Waals surface area contributed by atoms with Crippen molar-refractivity contribution in [2.24, 2.45) is 11.8 Å². The number of hydrogen-bond acceptors (Lipinski definition) is 5. The van der Waals surface area contributed by atoms with Crippen LogP contribution in [-0.4, -0.2) is 130 Å². The third-order valence-electron chi connectivity index (χ3n) is 31.1. The fourth-order valence-electron chi connectivity index (χ4n) is 24.0. The van der Waals surface area contributed by atoms with E-state index in [9.17, 15) is 24.0 Å². The number of hydrogen-bond donors (Lipinski definition) is 2. The summed E-state index contributed by atoms with van der Waals surface area (Å²) >= 11 is 0. The SMILES string of the molecule is CC(C)CC1C2=C(CCN1C(=O)CCc1ccccc1)c1ccccc1C2.CC(c1ccccc1)C1C2=C(CCN1C(=O)CCc1ccccc1)c1ccccc1C2.CCCCCCCC(=O)N1CCC2=C(Cc3ccccc32)C1CC(C)C.CCCCNC(=O)N1CCC2=C(Cc3ccccc32)C1C(C)c1ccccc1.CCCCNC(=O)N1CCC2=C(Cc3ccccc32)C1Cc1ccccc1. The Kier molecular flexibility index (Phi) is 34.9. The van der Waals surface area contributed by atoms with Crippen LogP contribution in [0.25, 0.3) is 27.9 Å². The molecule has 5 aliphatic carbocycles. The van der Waals surface area contributed by atoms with E-state index in [1.165, 1.54) is 159 Å². The molecule has 10 aromatic carbocycles. The van der Waals surface area contributed by atoms with Crippen LogP contribution in [0.1, 0.15) is 280 Å². The van der Waals surface area contributed by atoms with Crippen LogP contribution in [-0.2, 0) is 65.8 Å². The first-order chi connectivity index (χ1) is 67.9. The summed E-state index contributed by atoms with van der Waals surface area (Å²) in [4.78, 5) is 76.4. The predicted octanol–water partition coefficient (Wildman–Crippen LogP) is 27.5. The van der Waals surface area contributed by atoms with Crippen molar-refractivity contribution in [1.29, 1.82) is 0 Å². The van der Waals surface area contributed by atoms with Crippen LogP contribution in [0.15, 0.2) is 301 Å². The number of rotatable bonds is 28. The van der Waals surface area contributed by atoms with E-state index in [1.807, 2.05) is 24.3 Å². The first kappa shape index (κ1) is 99.8. The van der Waals surface area contributed by atoms with Crippen molar-refractivity contribution in [3.8, 4) is 0 Å². The zero-order chi connectivity index (χ0) is 96.7. The standard InChI is InChI=1S/C29H29NO.C25H30N2O.C25H29NO.C24H28N2O.C24H35NO/c1-21(23-12-6-3-7-13-23)29-27-20-24-14-8-9-15-25(24)26(27)18-19-30(29)28(31)17-16-22-10-4-2-5-11-22;1-3-4-15-26-25(28)27-16-14-22-21-13-9-8-12-20(21)17-23(22)24(27)18(2)19-10-6-5-7-11-19;1-18(2)16-24-23-17-20-10-6-7-11-21(20)22(23)14-15-26(24)25(27)13-12-19-8-4-3-5-9-19;1-2-3-14-25-24(27)26-15-13-21-20-12-8-7-11-19(20)17-22(21)23(26)16-18-9-5-4-6-10-18;1-4-5-6-7-8-13-24(26)25-15-14-21-20-12-10-9-11-19(20)17-22(21)23(25)16-18(2)3/h2-15,21,29H,16-20H2,1H3;5-13,18,24H,3-4,14-17H2,1-2H3,(H,26,28);3-11,18,24H,12-17H2,1-2H3;4-12,23H,2-3,13-17H2,1H3,(H,25,27);9-12,18,23H,4-8,13-17H2,1-3H3. The molecule has 2 N–H and O–H groups in total. The van der Waals surface area contributed by atoms with Crippen molar-refractivity contribution < 1.29 is 24.0 Å². The Bertz CT molecular complexity index is 6010. The van der Waals surface area contributed by atoms with Gasteiger partial charge in [0.25, 0.3) is 0 Å². The third kappa shape index (κ3) is 24.1. The highest BCUT2D eigenvalue weighted by Crippen LogP contribution is 2.50. The topological polar surface area (TPSA) is 126 Å². The van der Waals surface area contributed by atoms with Crippen molar-refractivity contribution in [1.82, 2.24) is 35.1 Å². The number of carbonyl (C=O) groups excluding carboxylic acids is 5. The molecule has 12 heteroatoms. The van der Waals surface area contributed by atoms with Crippen molar-refractivity contribution in [3.05, 3.63) is 384 Å². The molecule has 7 unspecified atom stereocenters. The summed E-state index contributed by atoms with van der Waals surface area (Å²) < 4.78 is 0. The second-order valence-electron chi connectivity index (χ2n) is 41.2. The lowest BCUT2D eigenvalue weighted by Crippen LogP contribution is -2.51. The van der Waals surface area contributed by atoms with Gasteiger partial charge in [0.1, 0.15) is 0 Å². The normalized spacial score (nSPS) is 18.7. The molecule has 724 valence electrons. The van der Waals surface area contributed by atoms with Crippen LogP contribution in [0.4, 0.5) is 9.59 Å². The van der Waals surface area contributed by atoms with E-state index in [2.05, 4.69) is 346 Å². The fourth-order valence-corrected chi connectivity index (χ4v) is 24.0. The van der Waals surface area contributed by atoms with E-state index < -0.39 is 0 Å². The Morgan fingerprint density at radius 2 is 0.576 bits per heavy atom. The average molecular weight is 1860 g/mol. The Hall–Kier alpha value is -12.2. The molecule has 12 nitrogen and oxygen atoms in total. The highest BCUT2D eigenvalue weighted by atomic mass is 16.2. The number of amides is 7. The fraction of sp³-hybridized carbons (Fsp3) is 0.409. The molecule has 7 amide bonds. The number of benzene rings is 10. The van der Waals surface area contributed by atoms with Crippen LogP contribution in [0.2, 0.25) is 0 Å². The monoisotopic (exact) mass is 1850 g/mol. The van der Waals surface area contributed by atoms with Crippen molar-refractivity contribution >= 4 is 57.6 Å². The van der Waals surface area contributed by atoms with E-state index in [-0.39, 0.29) is 54.0 Å². The van der Waals surface area contributed by atoms with E-state index in [0.29, 0.717) is 42.5 Å². The second kappa shape index (κ2) is 48.6. The quantitative estimate of drug-likeness (QED) is 0.0473. The molecule has 139 heavy (non-hydrogen) atoms. The molecule has 20 rings (SSSR count). The van der Waals surface area contributed by atoms with E-state index in [0.717, 1.165) is 181 Å². The average Bonchev–Trinajstić information content (AvgIpc) is 1.62. The molecule has 0 bridgehead atoms. The van der Waals surface area contributed by atoms with E-state index in [1.54, 1.807) is 5.57 Å². The van der Waals surface area contributed by atoms with Gasteiger partial charge in [0.2, 0.25) is 17.7 Å². The minimum absolute atomic E-state index is 0.0868. The largest absolute Gasteiger partial charge is 0.338 e. The third-order valence-corrected chi connectivity index (χ3v) is 31.1. The molecule has 0 saturated heterocycles. The number of nitrogens with zero attached hydrogens (tertiary/aromatic N) is 5. The number of carbonyl (C=O) groups is 5. The van der Waals surface area contributed by atoms with Crippen molar-refractivity contribution in [2.45, 2.75) is 278 Å². The van der Waals surface area contributed by atoms with Crippen LogP contribution in [0.5, 0.6) is 0 Å². The predicted molar refractivity (Wildman–Crippen MR) is 574 cm³/mol. The van der Waals surface area contributed by atoms with Crippen molar-refractivity contribution in [2.75, 3.05) is 45.8 Å². The van der Waals surface area contributed by atoms with Gasteiger partial charge in [-0.1, -0.05) is 374 Å². The first-order valence-electron chi connectivity index (χ1n) is 53.1. The summed E-state index contributed by atoms with van der Waals surface area (Å²) in [6.45, 7) is 25.9. The maximum Gasteiger partial charge on any atom is 0.317 e. The zero-order valence-corrected chi connectivity index (χ0v) is 84.5. The number of urea groups is 2. The summed E-state index contributed by atoms with van der Waals surface area (Å²) in [5.74, 6) is 2.69. The lowest BCUT2D eigenvalue weighted by molar-refractivity contribution is -0.134. The van der Waals surface area contributed by atoms with Crippen molar-refractivity contribution in [3.63, 3.8) is 0 Å². The molecule has 0 aromatic heterocycles. The molecule has 10 aromatic rings. The van der Waals surface area contributed by atoms with E-state index in [4.69, 9.17) is 0 Å². The van der Waals surface area contributed by atoms with Gasteiger partial charge < -0.3 is 35.1 Å². The number of nitrogens with one attached hydrogen (secondary N) is 2. The minimum Gasteiger partial charge on any atom is -0.338 e. The van der Waals surface area contributed by atoms with Crippen LogP contribution >= 0.6 is 0 Å². The number of unbranched alkanes of at least 4 members (excludes halogenated alkanes) is 6. The second-order valence-corrected chi connectivity index (χ2v) is 41.2. The maximum absolute atomic E-state index is 13.5. The highest BCUT2D eigenvalue weighted by Gasteiger charge is 2.45. The molecule has 10 aliphatic rings. The van der Waals surface area contributed by atoms with Crippen LogP contribution in [0.3, 0.4) is 0 Å². The van der Waals surface area contributed by atoms with Crippen LogP contribution in [0, 0.1) is 11.8 Å². The molecule has 0 spiro atoms. The molecular formula is C127H151N7O5. The van der Waals surface area contributed by atoms with Crippen LogP contribution < -0.4 is 10.6 Å². The van der Waals surface area contributed by atoms with Gasteiger partial charge in [-0.15, -0.1) is 0 Å². The van der Waals surface area contributed by atoms with Gasteiger partial charge in [0.05, 0.1) is 30.2 Å². The molecule has 0 saturated carbocycles. The first-order valence-corrected chi connectivity index (χ1v) is 53.1.